The lowest BCUT2D eigenvalue weighted by atomic mass is 10.0. The topological polar surface area (TPSA) is 104 Å². The summed E-state index contributed by atoms with van der Waals surface area (Å²) in [6.07, 6.45) is 5.84. The van der Waals surface area contributed by atoms with Gasteiger partial charge in [-0.15, -0.1) is 0 Å². The van der Waals surface area contributed by atoms with Crippen molar-refractivity contribution in [2.75, 3.05) is 24.5 Å². The van der Waals surface area contributed by atoms with E-state index in [1.807, 2.05) is 24.3 Å². The maximum Gasteiger partial charge on any atom is 0.251 e. The molecule has 28 heavy (non-hydrogen) atoms. The molecule has 1 aliphatic heterocycles. The first-order chi connectivity index (χ1) is 13.6. The fourth-order valence-electron chi connectivity index (χ4n) is 3.64. The van der Waals surface area contributed by atoms with Gasteiger partial charge >= 0.3 is 0 Å². The molecule has 0 bridgehead atoms. The van der Waals surface area contributed by atoms with Crippen LogP contribution in [0.5, 0.6) is 0 Å². The highest BCUT2D eigenvalue weighted by molar-refractivity contribution is 5.94. The van der Waals surface area contributed by atoms with Crippen LogP contribution in [0.4, 0.5) is 5.69 Å². The molecule has 7 heteroatoms. The molecule has 0 aliphatic carbocycles. The van der Waals surface area contributed by atoms with Crippen LogP contribution in [0.1, 0.15) is 22.3 Å². The van der Waals surface area contributed by atoms with Gasteiger partial charge in [0.1, 0.15) is 5.60 Å². The summed E-state index contributed by atoms with van der Waals surface area (Å²) < 4.78 is 0. The number of pyridine rings is 2. The quantitative estimate of drug-likeness (QED) is 0.622. The van der Waals surface area contributed by atoms with Crippen LogP contribution in [0.2, 0.25) is 0 Å². The van der Waals surface area contributed by atoms with Gasteiger partial charge in [-0.2, -0.15) is 0 Å². The molecule has 0 radical (unpaired) electrons. The number of hydrogen-bond donors (Lipinski definition) is 3. The zero-order valence-corrected chi connectivity index (χ0v) is 15.5. The molecule has 4 N–H and O–H groups in total. The van der Waals surface area contributed by atoms with E-state index in [1.165, 1.54) is 0 Å². The van der Waals surface area contributed by atoms with E-state index >= 15 is 0 Å². The van der Waals surface area contributed by atoms with Crippen molar-refractivity contribution in [1.82, 2.24) is 15.3 Å². The van der Waals surface area contributed by atoms with Crippen LogP contribution in [0.15, 0.2) is 55.0 Å². The Morgan fingerprint density at radius 1 is 1.29 bits per heavy atom. The van der Waals surface area contributed by atoms with Crippen molar-refractivity contribution in [3.63, 3.8) is 0 Å². The lowest BCUT2D eigenvalue weighted by Gasteiger charge is -2.25. The smallest absolute Gasteiger partial charge is 0.251 e. The number of nitrogens with one attached hydrogen (secondary N) is 1. The summed E-state index contributed by atoms with van der Waals surface area (Å²) in [6, 6.07) is 11.0. The van der Waals surface area contributed by atoms with E-state index in [1.54, 1.807) is 30.7 Å². The summed E-state index contributed by atoms with van der Waals surface area (Å²) in [6.45, 7) is 1.71. The van der Waals surface area contributed by atoms with Crippen LogP contribution in [0, 0.1) is 0 Å². The number of carbonyl (C=O) groups is 1. The fraction of sp³-hybridized carbons (Fsp3) is 0.286. The van der Waals surface area contributed by atoms with Gasteiger partial charge in [-0.3, -0.25) is 14.8 Å². The van der Waals surface area contributed by atoms with Crippen LogP contribution in [0.3, 0.4) is 0 Å². The van der Waals surface area contributed by atoms with Crippen LogP contribution in [-0.4, -0.2) is 46.2 Å². The third-order valence-electron chi connectivity index (χ3n) is 5.20. The normalized spacial score (nSPS) is 19.1. The van der Waals surface area contributed by atoms with Gasteiger partial charge in [-0.05, 0) is 36.2 Å². The number of rotatable bonds is 5. The Bertz CT molecular complexity index is 1000. The molecular formula is C21H23N5O2. The minimum Gasteiger partial charge on any atom is -0.386 e. The van der Waals surface area contributed by atoms with Gasteiger partial charge in [0.15, 0.2) is 0 Å². The number of fused-ring (bicyclic) bond motifs is 1. The van der Waals surface area contributed by atoms with Crippen molar-refractivity contribution in [3.05, 3.63) is 66.1 Å². The Balaban J connectivity index is 1.44. The van der Waals surface area contributed by atoms with Crippen molar-refractivity contribution in [2.45, 2.75) is 18.6 Å². The van der Waals surface area contributed by atoms with Gasteiger partial charge < -0.3 is 21.1 Å². The largest absolute Gasteiger partial charge is 0.386 e. The molecule has 3 aromatic rings. The van der Waals surface area contributed by atoms with E-state index < -0.39 is 5.60 Å². The first-order valence-corrected chi connectivity index (χ1v) is 9.31. The second-order valence-electron chi connectivity index (χ2n) is 7.21. The van der Waals surface area contributed by atoms with Crippen molar-refractivity contribution < 1.29 is 9.90 Å². The molecule has 2 aromatic heterocycles. The fourth-order valence-corrected chi connectivity index (χ4v) is 3.64. The van der Waals surface area contributed by atoms with E-state index in [9.17, 15) is 9.90 Å². The van der Waals surface area contributed by atoms with Crippen LogP contribution in [-0.2, 0) is 6.54 Å². The Labute approximate surface area is 163 Å². The minimum atomic E-state index is -0.987. The van der Waals surface area contributed by atoms with Crippen molar-refractivity contribution in [3.8, 4) is 0 Å². The molecule has 0 unspecified atom stereocenters. The number of β-amino-alcohol motifs (C(OH)–C–C–N with tert-alkyl or cyclic N) is 1. The van der Waals surface area contributed by atoms with Crippen molar-refractivity contribution >= 4 is 22.5 Å². The molecule has 1 amide bonds. The second kappa shape index (κ2) is 7.53. The molecule has 3 heterocycles. The standard InChI is InChI=1S/C21H23N5O2/c22-11-15-2-1-3-16(10-15)20(27)25-13-21(28)6-9-26(14-21)19-5-8-24-18-4-7-23-12-17(18)19/h1-5,7-8,10,12,28H,6,9,11,13-14,22H2,(H,25,27)/t21-/m0/s1. The third kappa shape index (κ3) is 3.67. The van der Waals surface area contributed by atoms with E-state index in [-0.39, 0.29) is 12.5 Å². The molecule has 144 valence electrons. The average Bonchev–Trinajstić information content (AvgIpc) is 3.14. The Morgan fingerprint density at radius 2 is 2.18 bits per heavy atom. The van der Waals surface area contributed by atoms with Crippen LogP contribution in [0.25, 0.3) is 10.9 Å². The van der Waals surface area contributed by atoms with Crippen molar-refractivity contribution in [2.24, 2.45) is 5.73 Å². The lowest BCUT2D eigenvalue weighted by molar-refractivity contribution is 0.0576. The van der Waals surface area contributed by atoms with Gasteiger partial charge in [-0.1, -0.05) is 12.1 Å². The summed E-state index contributed by atoms with van der Waals surface area (Å²) >= 11 is 0. The zero-order valence-electron chi connectivity index (χ0n) is 15.5. The van der Waals surface area contributed by atoms with Gasteiger partial charge in [0.05, 0.1) is 5.52 Å². The number of carbonyl (C=O) groups excluding carboxylic acids is 1. The van der Waals surface area contributed by atoms with Gasteiger partial charge in [0, 0.05) is 61.4 Å². The summed E-state index contributed by atoms with van der Waals surface area (Å²) in [5, 5.41) is 14.8. The Morgan fingerprint density at radius 3 is 3.04 bits per heavy atom. The molecular weight excluding hydrogens is 354 g/mol. The maximum atomic E-state index is 12.4. The molecule has 1 aromatic carbocycles. The zero-order chi connectivity index (χ0) is 19.6. The number of benzene rings is 1. The summed E-state index contributed by atoms with van der Waals surface area (Å²) in [5.74, 6) is -0.208. The number of anilines is 1. The van der Waals surface area contributed by atoms with E-state index in [0.29, 0.717) is 31.6 Å². The molecule has 1 aliphatic rings. The van der Waals surface area contributed by atoms with E-state index in [2.05, 4.69) is 20.2 Å². The molecule has 1 fully saturated rings. The maximum absolute atomic E-state index is 12.4. The number of nitrogens with two attached hydrogens (primary N) is 1. The number of aromatic nitrogens is 2. The summed E-state index contributed by atoms with van der Waals surface area (Å²) in [5.41, 5.74) is 7.97. The number of nitrogens with zero attached hydrogens (tertiary/aromatic N) is 3. The first-order valence-electron chi connectivity index (χ1n) is 9.31. The van der Waals surface area contributed by atoms with Crippen LogP contribution < -0.4 is 16.0 Å². The van der Waals surface area contributed by atoms with Gasteiger partial charge in [0.2, 0.25) is 0 Å². The summed E-state index contributed by atoms with van der Waals surface area (Å²) in [4.78, 5) is 23.1. The molecule has 1 saturated heterocycles. The Kier molecular flexibility index (Phi) is 4.93. The highest BCUT2D eigenvalue weighted by Crippen LogP contribution is 2.31. The third-order valence-corrected chi connectivity index (χ3v) is 5.20. The van der Waals surface area contributed by atoms with E-state index in [4.69, 9.17) is 5.73 Å². The van der Waals surface area contributed by atoms with Gasteiger partial charge in [0.25, 0.3) is 5.91 Å². The highest BCUT2D eigenvalue weighted by atomic mass is 16.3. The highest BCUT2D eigenvalue weighted by Gasteiger charge is 2.37. The SMILES string of the molecule is NCc1cccc(C(=O)NC[C@@]2(O)CCN(c3ccnc4ccncc34)C2)c1. The number of aliphatic hydroxyl groups is 1. The second-order valence-corrected chi connectivity index (χ2v) is 7.21. The molecule has 7 nitrogen and oxygen atoms in total. The lowest BCUT2D eigenvalue weighted by Crippen LogP contribution is -2.45. The molecule has 4 rings (SSSR count). The minimum absolute atomic E-state index is 0.191. The number of hydrogen-bond acceptors (Lipinski definition) is 6. The molecule has 0 spiro atoms. The average molecular weight is 377 g/mol. The number of amides is 1. The predicted octanol–water partition coefficient (Wildman–Crippen LogP) is 1.46. The molecule has 1 atom stereocenters. The summed E-state index contributed by atoms with van der Waals surface area (Å²) in [7, 11) is 0. The van der Waals surface area contributed by atoms with Crippen LogP contribution >= 0.6 is 0 Å². The van der Waals surface area contributed by atoms with E-state index in [0.717, 1.165) is 22.2 Å². The predicted molar refractivity (Wildman–Crippen MR) is 108 cm³/mol. The van der Waals surface area contributed by atoms with Gasteiger partial charge in [-0.25, -0.2) is 0 Å². The molecule has 0 saturated carbocycles. The Hall–Kier alpha value is -3.03. The first kappa shape index (κ1) is 18.3. The van der Waals surface area contributed by atoms with Crippen molar-refractivity contribution in [1.29, 1.82) is 0 Å². The monoisotopic (exact) mass is 377 g/mol.